The van der Waals surface area contributed by atoms with Crippen molar-refractivity contribution in [3.05, 3.63) is 35.9 Å². The van der Waals surface area contributed by atoms with Crippen molar-refractivity contribution >= 4 is 24.1 Å². The average molecular weight is 363 g/mol. The second-order valence-electron chi connectivity index (χ2n) is 5.66. The number of thioether (sulfide) groups is 1. The van der Waals surface area contributed by atoms with Crippen LogP contribution in [0, 0.1) is 12.8 Å². The third kappa shape index (κ3) is 6.18. The van der Waals surface area contributed by atoms with Crippen LogP contribution in [-0.4, -0.2) is 61.4 Å². The first-order valence-electron chi connectivity index (χ1n) is 7.88. The van der Waals surface area contributed by atoms with Crippen molar-refractivity contribution in [2.24, 2.45) is 5.92 Å². The lowest BCUT2D eigenvalue weighted by molar-refractivity contribution is -0.127. The lowest BCUT2D eigenvalue weighted by Gasteiger charge is -2.16. The molecule has 0 bridgehead atoms. The Hall–Kier alpha value is -2.42. The molecule has 0 spiro atoms. The van der Waals surface area contributed by atoms with E-state index in [2.05, 4.69) is 26.2 Å². The van der Waals surface area contributed by atoms with Crippen LogP contribution in [0.4, 0.5) is 0 Å². The number of amides is 1. The molecule has 0 saturated carbocycles. The Morgan fingerprint density at radius 1 is 1.56 bits per heavy atom. The van der Waals surface area contributed by atoms with Crippen LogP contribution in [0.3, 0.4) is 0 Å². The first kappa shape index (κ1) is 18.9. The number of H-pyrrole nitrogens is 1. The van der Waals surface area contributed by atoms with E-state index in [1.54, 1.807) is 6.20 Å². The van der Waals surface area contributed by atoms with Crippen LogP contribution in [0.2, 0.25) is 0 Å². The number of aromatic nitrogens is 4. The minimum absolute atomic E-state index is 0.168. The van der Waals surface area contributed by atoms with E-state index in [9.17, 15) is 4.79 Å². The van der Waals surface area contributed by atoms with E-state index in [1.807, 2.05) is 24.1 Å². The van der Waals surface area contributed by atoms with Crippen LogP contribution in [0.5, 0.6) is 0 Å². The molecule has 134 valence electrons. The van der Waals surface area contributed by atoms with Gasteiger partial charge in [-0.25, -0.2) is 4.98 Å². The Bertz CT molecular complexity index is 679. The van der Waals surface area contributed by atoms with E-state index in [0.29, 0.717) is 16.8 Å². The Kier molecular flexibility index (Phi) is 7.39. The molecule has 0 aliphatic carbocycles. The van der Waals surface area contributed by atoms with Crippen molar-refractivity contribution < 1.29 is 14.7 Å². The summed E-state index contributed by atoms with van der Waals surface area (Å²) in [6.07, 6.45) is 5.75. The molecule has 1 atom stereocenters. The van der Waals surface area contributed by atoms with Crippen LogP contribution in [0.1, 0.15) is 17.8 Å². The molecular weight excluding hydrogens is 342 g/mol. The molecule has 3 heterocycles. The van der Waals surface area contributed by atoms with Gasteiger partial charge in [-0.1, -0.05) is 17.8 Å². The van der Waals surface area contributed by atoms with Gasteiger partial charge in [0.2, 0.25) is 11.1 Å². The van der Waals surface area contributed by atoms with Gasteiger partial charge in [-0.05, 0) is 37.3 Å². The summed E-state index contributed by atoms with van der Waals surface area (Å²) in [5.74, 6) is 1.87. The largest absolute Gasteiger partial charge is 0.483 e. The lowest BCUT2D eigenvalue weighted by Crippen LogP contribution is -2.30. The number of nitrogens with one attached hydrogen (secondary N) is 1. The summed E-state index contributed by atoms with van der Waals surface area (Å²) in [6.45, 7) is 3.28. The second kappa shape index (κ2) is 9.77. The first-order chi connectivity index (χ1) is 12.1. The van der Waals surface area contributed by atoms with Crippen LogP contribution >= 0.6 is 11.8 Å². The fraction of sp³-hybridized carbons (Fsp3) is 0.438. The van der Waals surface area contributed by atoms with E-state index in [4.69, 9.17) is 9.90 Å². The van der Waals surface area contributed by atoms with Crippen molar-refractivity contribution in [1.82, 2.24) is 25.1 Å². The molecule has 2 aromatic rings. The molecule has 3 rings (SSSR count). The highest BCUT2D eigenvalue weighted by Gasteiger charge is 2.26. The van der Waals surface area contributed by atoms with E-state index in [0.717, 1.165) is 31.8 Å². The smallest absolute Gasteiger partial charge is 0.290 e. The average Bonchev–Trinajstić information content (AvgIpc) is 3.23. The number of hydrogen-bond acceptors (Lipinski definition) is 6. The Balaban J connectivity index is 0.000000701. The van der Waals surface area contributed by atoms with Crippen molar-refractivity contribution in [2.75, 3.05) is 18.8 Å². The maximum atomic E-state index is 12.3. The quantitative estimate of drug-likeness (QED) is 0.610. The zero-order valence-corrected chi connectivity index (χ0v) is 14.8. The van der Waals surface area contributed by atoms with Gasteiger partial charge in [0.05, 0.1) is 5.75 Å². The molecule has 0 radical (unpaired) electrons. The number of hydrogen-bond donors (Lipinski definition) is 2. The highest BCUT2D eigenvalue weighted by atomic mass is 32.2. The summed E-state index contributed by atoms with van der Waals surface area (Å²) in [5.41, 5.74) is 1.24. The van der Waals surface area contributed by atoms with Gasteiger partial charge in [0.15, 0.2) is 0 Å². The van der Waals surface area contributed by atoms with Gasteiger partial charge in [-0.3, -0.25) is 19.7 Å². The van der Waals surface area contributed by atoms with E-state index >= 15 is 0 Å². The van der Waals surface area contributed by atoms with Gasteiger partial charge < -0.3 is 10.0 Å². The number of nitrogens with zero attached hydrogens (tertiary/aromatic N) is 4. The van der Waals surface area contributed by atoms with E-state index in [-0.39, 0.29) is 12.4 Å². The summed E-state index contributed by atoms with van der Waals surface area (Å²) < 4.78 is 0. The molecule has 8 nitrogen and oxygen atoms in total. The SMILES string of the molecule is Cc1nc(SCC(=O)N2CCC(Cc3cccnc3)C2)n[nH]1.O=CO. The molecule has 1 amide bonds. The van der Waals surface area contributed by atoms with Crippen molar-refractivity contribution in [2.45, 2.75) is 24.9 Å². The monoisotopic (exact) mass is 363 g/mol. The third-order valence-electron chi connectivity index (χ3n) is 3.79. The second-order valence-corrected chi connectivity index (χ2v) is 6.60. The number of likely N-dealkylation sites (tertiary alicyclic amines) is 1. The van der Waals surface area contributed by atoms with E-state index < -0.39 is 0 Å². The third-order valence-corrected chi connectivity index (χ3v) is 4.62. The molecule has 1 saturated heterocycles. The normalized spacial score (nSPS) is 16.2. The van der Waals surface area contributed by atoms with Crippen molar-refractivity contribution in [3.63, 3.8) is 0 Å². The Morgan fingerprint density at radius 3 is 3.00 bits per heavy atom. The Morgan fingerprint density at radius 2 is 2.36 bits per heavy atom. The molecule has 1 aliphatic rings. The van der Waals surface area contributed by atoms with Gasteiger partial charge >= 0.3 is 0 Å². The molecule has 1 aliphatic heterocycles. The molecule has 0 aromatic carbocycles. The van der Waals surface area contributed by atoms with Crippen LogP contribution in [0.15, 0.2) is 29.7 Å². The molecule has 9 heteroatoms. The molecule has 2 N–H and O–H groups in total. The van der Waals surface area contributed by atoms with Gasteiger partial charge in [0, 0.05) is 25.5 Å². The van der Waals surface area contributed by atoms with Gasteiger partial charge in [0.1, 0.15) is 5.82 Å². The topological polar surface area (TPSA) is 112 Å². The summed E-state index contributed by atoms with van der Waals surface area (Å²) in [5, 5.41) is 14.3. The van der Waals surface area contributed by atoms with Gasteiger partial charge in [-0.15, -0.1) is 5.10 Å². The highest BCUT2D eigenvalue weighted by Crippen LogP contribution is 2.22. The van der Waals surface area contributed by atoms with Gasteiger partial charge in [0.25, 0.3) is 6.47 Å². The number of pyridine rings is 1. The summed E-state index contributed by atoms with van der Waals surface area (Å²) in [4.78, 5) is 30.9. The number of carboxylic acid groups (broad SMARTS) is 1. The fourth-order valence-electron chi connectivity index (χ4n) is 2.68. The number of carbonyl (C=O) groups excluding carboxylic acids is 1. The summed E-state index contributed by atoms with van der Waals surface area (Å²) >= 11 is 1.39. The molecule has 2 aromatic heterocycles. The van der Waals surface area contributed by atoms with Crippen molar-refractivity contribution in [3.8, 4) is 0 Å². The zero-order chi connectivity index (χ0) is 18.1. The highest BCUT2D eigenvalue weighted by molar-refractivity contribution is 7.99. The molecular formula is C16H21N5O3S. The lowest BCUT2D eigenvalue weighted by atomic mass is 10.0. The standard InChI is InChI=1S/C15H19N5OS.CH2O2/c1-11-17-15(19-18-11)22-10-14(21)20-6-4-13(9-20)7-12-3-2-5-16-8-12;2-1-3/h2-3,5,8,13H,4,6-7,9-10H2,1H3,(H,17,18,19);1H,(H,2,3). The number of carbonyl (C=O) groups is 2. The van der Waals surface area contributed by atoms with Crippen molar-refractivity contribution in [1.29, 1.82) is 0 Å². The minimum Gasteiger partial charge on any atom is -0.483 e. The van der Waals surface area contributed by atoms with Crippen LogP contribution < -0.4 is 0 Å². The summed E-state index contributed by atoms with van der Waals surface area (Å²) in [6, 6.07) is 4.06. The molecule has 1 unspecified atom stereocenters. The number of rotatable bonds is 5. The van der Waals surface area contributed by atoms with Crippen LogP contribution in [0.25, 0.3) is 0 Å². The summed E-state index contributed by atoms with van der Waals surface area (Å²) in [7, 11) is 0. The maximum Gasteiger partial charge on any atom is 0.290 e. The van der Waals surface area contributed by atoms with E-state index in [1.165, 1.54) is 17.3 Å². The Labute approximate surface area is 150 Å². The molecule has 25 heavy (non-hydrogen) atoms. The zero-order valence-electron chi connectivity index (χ0n) is 14.0. The van der Waals surface area contributed by atoms with Crippen LogP contribution in [-0.2, 0) is 16.0 Å². The predicted molar refractivity (Wildman–Crippen MR) is 93.2 cm³/mol. The maximum absolute atomic E-state index is 12.3. The minimum atomic E-state index is -0.250. The predicted octanol–water partition coefficient (Wildman–Crippen LogP) is 1.39. The first-order valence-corrected chi connectivity index (χ1v) is 8.87. The molecule has 1 fully saturated rings. The fourth-order valence-corrected chi connectivity index (χ4v) is 3.43. The van der Waals surface area contributed by atoms with Gasteiger partial charge in [-0.2, -0.15) is 0 Å². The number of aromatic amines is 1. The number of aryl methyl sites for hydroxylation is 1.